The maximum atomic E-state index is 11.7. The van der Waals surface area contributed by atoms with Crippen LogP contribution < -0.4 is 4.72 Å². The van der Waals surface area contributed by atoms with Crippen molar-refractivity contribution < 1.29 is 13.2 Å². The van der Waals surface area contributed by atoms with Crippen LogP contribution in [-0.2, 0) is 14.9 Å². The molecule has 1 atom stereocenters. The van der Waals surface area contributed by atoms with Crippen molar-refractivity contribution in [2.75, 3.05) is 26.7 Å². The first-order valence-corrected chi connectivity index (χ1v) is 6.92. The molecule has 1 saturated heterocycles. The highest BCUT2D eigenvalue weighted by molar-refractivity contribution is 7.87. The highest BCUT2D eigenvalue weighted by Gasteiger charge is 2.28. The molecule has 17 heavy (non-hydrogen) atoms. The molecule has 0 aliphatic carbocycles. The molecule has 2 rings (SSSR count). The van der Waals surface area contributed by atoms with E-state index in [-0.39, 0.29) is 6.10 Å². The third-order valence-corrected chi connectivity index (χ3v) is 4.33. The lowest BCUT2D eigenvalue weighted by molar-refractivity contribution is -0.00284. The van der Waals surface area contributed by atoms with E-state index in [1.165, 1.54) is 11.4 Å². The number of hydrogen-bond acceptors (Lipinski definition) is 3. The van der Waals surface area contributed by atoms with Crippen LogP contribution in [0.15, 0.2) is 30.3 Å². The fourth-order valence-electron chi connectivity index (χ4n) is 1.84. The molecule has 1 fully saturated rings. The van der Waals surface area contributed by atoms with Gasteiger partial charge in [-0.05, 0) is 5.56 Å². The van der Waals surface area contributed by atoms with Crippen molar-refractivity contribution in [2.45, 2.75) is 6.10 Å². The van der Waals surface area contributed by atoms with Crippen molar-refractivity contribution in [2.24, 2.45) is 0 Å². The number of nitrogens with one attached hydrogen (secondary N) is 1. The van der Waals surface area contributed by atoms with Crippen molar-refractivity contribution >= 4 is 10.2 Å². The molecule has 0 saturated carbocycles. The van der Waals surface area contributed by atoms with E-state index in [0.717, 1.165) is 5.56 Å². The summed E-state index contributed by atoms with van der Waals surface area (Å²) < 4.78 is 32.7. The van der Waals surface area contributed by atoms with Crippen LogP contribution in [0.5, 0.6) is 0 Å². The summed E-state index contributed by atoms with van der Waals surface area (Å²) in [4.78, 5) is 0. The van der Waals surface area contributed by atoms with E-state index in [9.17, 15) is 8.42 Å². The molecule has 1 aromatic carbocycles. The molecule has 0 aromatic heterocycles. The van der Waals surface area contributed by atoms with E-state index >= 15 is 0 Å². The van der Waals surface area contributed by atoms with Crippen LogP contribution in [0.25, 0.3) is 0 Å². The lowest BCUT2D eigenvalue weighted by Crippen LogP contribution is -2.46. The van der Waals surface area contributed by atoms with Gasteiger partial charge in [-0.15, -0.1) is 0 Å². The lowest BCUT2D eigenvalue weighted by atomic mass is 10.1. The van der Waals surface area contributed by atoms with Gasteiger partial charge in [0.1, 0.15) is 0 Å². The molecular formula is C11H16N2O3S. The second-order valence-electron chi connectivity index (χ2n) is 3.84. The van der Waals surface area contributed by atoms with Gasteiger partial charge in [-0.2, -0.15) is 12.7 Å². The van der Waals surface area contributed by atoms with Crippen molar-refractivity contribution in [3.05, 3.63) is 35.9 Å². The molecule has 0 spiro atoms. The molecular weight excluding hydrogens is 240 g/mol. The minimum absolute atomic E-state index is 0.187. The molecule has 5 nitrogen and oxygen atoms in total. The summed E-state index contributed by atoms with van der Waals surface area (Å²) in [7, 11) is -1.94. The molecule has 1 aromatic rings. The SMILES string of the molecule is CNS(=O)(=O)N1CCOC(c2ccccc2)C1. The molecule has 0 radical (unpaired) electrons. The van der Waals surface area contributed by atoms with E-state index in [0.29, 0.717) is 19.7 Å². The first-order chi connectivity index (χ1) is 8.13. The highest BCUT2D eigenvalue weighted by Crippen LogP contribution is 2.22. The van der Waals surface area contributed by atoms with Gasteiger partial charge in [0, 0.05) is 20.1 Å². The smallest absolute Gasteiger partial charge is 0.279 e. The number of ether oxygens (including phenoxy) is 1. The van der Waals surface area contributed by atoms with Crippen LogP contribution in [-0.4, -0.2) is 39.5 Å². The highest BCUT2D eigenvalue weighted by atomic mass is 32.2. The molecule has 0 amide bonds. The summed E-state index contributed by atoms with van der Waals surface area (Å²) in [6, 6.07) is 9.66. The molecule has 1 aliphatic heterocycles. The van der Waals surface area contributed by atoms with Crippen LogP contribution in [0.4, 0.5) is 0 Å². The normalized spacial score (nSPS) is 22.5. The van der Waals surface area contributed by atoms with E-state index in [2.05, 4.69) is 4.72 Å². The molecule has 1 aliphatic rings. The van der Waals surface area contributed by atoms with Crippen LogP contribution >= 0.6 is 0 Å². The number of morpholine rings is 1. The molecule has 94 valence electrons. The minimum atomic E-state index is -3.36. The fourth-order valence-corrected chi connectivity index (χ4v) is 2.75. The second-order valence-corrected chi connectivity index (χ2v) is 5.71. The largest absolute Gasteiger partial charge is 0.371 e. The van der Waals surface area contributed by atoms with Crippen LogP contribution in [0.3, 0.4) is 0 Å². The van der Waals surface area contributed by atoms with Gasteiger partial charge in [0.05, 0.1) is 12.7 Å². The minimum Gasteiger partial charge on any atom is -0.371 e. The summed E-state index contributed by atoms with van der Waals surface area (Å²) in [5.74, 6) is 0. The van der Waals surface area contributed by atoms with Gasteiger partial charge in [-0.1, -0.05) is 30.3 Å². The summed E-state index contributed by atoms with van der Waals surface area (Å²) >= 11 is 0. The molecule has 1 heterocycles. The summed E-state index contributed by atoms with van der Waals surface area (Å²) in [5.41, 5.74) is 1.00. The Balaban J connectivity index is 2.13. The summed E-state index contributed by atoms with van der Waals surface area (Å²) in [6.45, 7) is 1.17. The summed E-state index contributed by atoms with van der Waals surface area (Å²) in [6.07, 6.45) is -0.187. The van der Waals surface area contributed by atoms with E-state index in [4.69, 9.17) is 4.74 Å². The number of hydrogen-bond donors (Lipinski definition) is 1. The Kier molecular flexibility index (Phi) is 3.78. The van der Waals surface area contributed by atoms with E-state index in [1.807, 2.05) is 30.3 Å². The first-order valence-electron chi connectivity index (χ1n) is 5.48. The summed E-state index contributed by atoms with van der Waals surface area (Å²) in [5, 5.41) is 0. The Morgan fingerprint density at radius 2 is 2.06 bits per heavy atom. The number of benzene rings is 1. The average Bonchev–Trinajstić information content (AvgIpc) is 2.40. The predicted molar refractivity (Wildman–Crippen MR) is 64.7 cm³/mol. The predicted octanol–water partition coefficient (Wildman–Crippen LogP) is 0.524. The Morgan fingerprint density at radius 1 is 1.35 bits per heavy atom. The quantitative estimate of drug-likeness (QED) is 0.858. The zero-order valence-electron chi connectivity index (χ0n) is 9.67. The van der Waals surface area contributed by atoms with Gasteiger partial charge in [-0.3, -0.25) is 0 Å². The van der Waals surface area contributed by atoms with Crippen molar-refractivity contribution in [1.82, 2.24) is 9.03 Å². The fraction of sp³-hybridized carbons (Fsp3) is 0.455. The topological polar surface area (TPSA) is 58.6 Å². The van der Waals surface area contributed by atoms with Crippen LogP contribution in [0, 0.1) is 0 Å². The standard InChI is InChI=1S/C11H16N2O3S/c1-12-17(14,15)13-7-8-16-11(9-13)10-5-3-2-4-6-10/h2-6,11-12H,7-9H2,1H3. The van der Waals surface area contributed by atoms with Gasteiger partial charge in [0.25, 0.3) is 10.2 Å². The molecule has 6 heteroatoms. The molecule has 0 bridgehead atoms. The van der Waals surface area contributed by atoms with E-state index in [1.54, 1.807) is 0 Å². The Labute approximate surface area is 102 Å². The Hall–Kier alpha value is -0.950. The van der Waals surface area contributed by atoms with Crippen molar-refractivity contribution in [3.8, 4) is 0 Å². The zero-order valence-corrected chi connectivity index (χ0v) is 10.5. The first kappa shape index (κ1) is 12.5. The van der Waals surface area contributed by atoms with E-state index < -0.39 is 10.2 Å². The maximum Gasteiger partial charge on any atom is 0.279 e. The van der Waals surface area contributed by atoms with Crippen LogP contribution in [0.1, 0.15) is 11.7 Å². The lowest BCUT2D eigenvalue weighted by Gasteiger charge is -2.31. The molecule has 1 unspecified atom stereocenters. The zero-order chi connectivity index (χ0) is 12.3. The van der Waals surface area contributed by atoms with Gasteiger partial charge < -0.3 is 4.74 Å². The monoisotopic (exact) mass is 256 g/mol. The number of rotatable bonds is 3. The Morgan fingerprint density at radius 3 is 2.71 bits per heavy atom. The Bertz CT molecular complexity index is 461. The van der Waals surface area contributed by atoms with Gasteiger partial charge in [0.2, 0.25) is 0 Å². The third kappa shape index (κ3) is 2.84. The maximum absolute atomic E-state index is 11.7. The van der Waals surface area contributed by atoms with Crippen molar-refractivity contribution in [3.63, 3.8) is 0 Å². The average molecular weight is 256 g/mol. The molecule has 1 N–H and O–H groups in total. The third-order valence-electron chi connectivity index (χ3n) is 2.80. The number of nitrogens with zero attached hydrogens (tertiary/aromatic N) is 1. The van der Waals surface area contributed by atoms with Crippen LogP contribution in [0.2, 0.25) is 0 Å². The van der Waals surface area contributed by atoms with Crippen molar-refractivity contribution in [1.29, 1.82) is 0 Å². The second kappa shape index (κ2) is 5.14. The van der Waals surface area contributed by atoms with Gasteiger partial charge >= 0.3 is 0 Å². The van der Waals surface area contributed by atoms with Gasteiger partial charge in [-0.25, -0.2) is 4.72 Å². The van der Waals surface area contributed by atoms with Gasteiger partial charge in [0.15, 0.2) is 0 Å².